The van der Waals surface area contributed by atoms with Gasteiger partial charge in [-0.15, -0.1) is 0 Å². The molecule has 2 aliphatic rings. The van der Waals surface area contributed by atoms with E-state index in [-0.39, 0.29) is 12.8 Å². The molecule has 88 valence electrons. The zero-order valence-corrected chi connectivity index (χ0v) is 9.45. The second-order valence-corrected chi connectivity index (χ2v) is 6.22. The lowest BCUT2D eigenvalue weighted by Gasteiger charge is -2.57. The van der Waals surface area contributed by atoms with E-state index in [4.69, 9.17) is 5.73 Å². The van der Waals surface area contributed by atoms with Crippen molar-refractivity contribution < 1.29 is 13.9 Å². The van der Waals surface area contributed by atoms with Gasteiger partial charge in [0.25, 0.3) is 0 Å². The normalized spacial score (nSPS) is 37.6. The lowest BCUT2D eigenvalue weighted by atomic mass is 9.53. The van der Waals surface area contributed by atoms with Crippen LogP contribution in [0.5, 0.6) is 0 Å². The van der Waals surface area contributed by atoms with Crippen molar-refractivity contribution in [2.24, 2.45) is 11.1 Å². The number of nitrogens with two attached hydrogens (primary N) is 1. The smallest absolute Gasteiger partial charge is 0.0977 e. The van der Waals surface area contributed by atoms with Crippen molar-refractivity contribution in [3.05, 3.63) is 0 Å². The highest BCUT2D eigenvalue weighted by Gasteiger charge is 2.63. The Hall–Kier alpha value is 0.130. The summed E-state index contributed by atoms with van der Waals surface area (Å²) < 4.78 is 25.3. The van der Waals surface area contributed by atoms with E-state index < -0.39 is 29.9 Å². The van der Waals surface area contributed by atoms with Crippen LogP contribution in [-0.4, -0.2) is 41.1 Å². The summed E-state index contributed by atoms with van der Waals surface area (Å²) in [6, 6.07) is 0. The lowest BCUT2D eigenvalue weighted by molar-refractivity contribution is -0.179. The maximum absolute atomic E-state index is 12.7. The van der Waals surface area contributed by atoms with E-state index in [1.54, 1.807) is 11.8 Å². The van der Waals surface area contributed by atoms with Crippen molar-refractivity contribution in [3.8, 4) is 0 Å². The minimum absolute atomic E-state index is 0.171. The first-order valence-electron chi connectivity index (χ1n) is 5.20. The van der Waals surface area contributed by atoms with Crippen molar-refractivity contribution in [1.82, 2.24) is 0 Å². The highest BCUT2D eigenvalue weighted by atomic mass is 32.2. The van der Waals surface area contributed by atoms with Crippen LogP contribution in [0.3, 0.4) is 0 Å². The quantitative estimate of drug-likeness (QED) is 0.777. The molecule has 5 heteroatoms. The number of hydrogen-bond donors (Lipinski definition) is 2. The summed E-state index contributed by atoms with van der Waals surface area (Å²) in [4.78, 5) is 0. The first-order valence-corrected chi connectivity index (χ1v) is 6.36. The summed E-state index contributed by atoms with van der Waals surface area (Å²) in [6.07, 6.45) is 1.08. The Kier molecular flexibility index (Phi) is 2.76. The molecule has 1 saturated carbocycles. The second-order valence-electron chi connectivity index (χ2n) is 5.11. The van der Waals surface area contributed by atoms with Gasteiger partial charge in [0.1, 0.15) is 0 Å². The molecule has 0 amide bonds. The Labute approximate surface area is 92.6 Å². The van der Waals surface area contributed by atoms with E-state index in [0.717, 1.165) is 12.2 Å². The maximum Gasteiger partial charge on any atom is 0.0977 e. The molecule has 1 atom stereocenters. The maximum atomic E-state index is 12.7. The average molecular weight is 237 g/mol. The summed E-state index contributed by atoms with van der Waals surface area (Å²) >= 11 is 1.70. The van der Waals surface area contributed by atoms with Crippen LogP contribution in [-0.2, 0) is 0 Å². The third-order valence-corrected chi connectivity index (χ3v) is 5.09. The molecule has 3 N–H and O–H groups in total. The molecule has 0 bridgehead atoms. The Balaban J connectivity index is 2.06. The Morgan fingerprint density at radius 2 is 1.87 bits per heavy atom. The largest absolute Gasteiger partial charge is 0.388 e. The molecule has 2 nitrogen and oxygen atoms in total. The number of halogens is 2. The van der Waals surface area contributed by atoms with Gasteiger partial charge in [-0.05, 0) is 25.0 Å². The minimum Gasteiger partial charge on any atom is -0.388 e. The lowest BCUT2D eigenvalue weighted by Crippen LogP contribution is -2.70. The molecule has 1 aliphatic heterocycles. The number of hydrogen-bond acceptors (Lipinski definition) is 3. The molecule has 2 fully saturated rings. The summed E-state index contributed by atoms with van der Waals surface area (Å²) in [5.74, 6) is 1.62. The predicted octanol–water partition coefficient (Wildman–Crippen LogP) is 1.27. The van der Waals surface area contributed by atoms with Crippen LogP contribution in [0, 0.1) is 5.41 Å². The van der Waals surface area contributed by atoms with Crippen LogP contribution < -0.4 is 5.73 Å². The topological polar surface area (TPSA) is 46.2 Å². The summed E-state index contributed by atoms with van der Waals surface area (Å²) in [5.41, 5.74) is 3.48. The molecular weight excluding hydrogens is 220 g/mol. The molecule has 0 radical (unpaired) electrons. The fourth-order valence-electron chi connectivity index (χ4n) is 2.71. The summed E-state index contributed by atoms with van der Waals surface area (Å²) in [7, 11) is 0. The third kappa shape index (κ3) is 1.59. The molecular formula is C10H17F2NOS. The molecule has 0 spiro atoms. The van der Waals surface area contributed by atoms with E-state index >= 15 is 0 Å². The Morgan fingerprint density at radius 3 is 2.27 bits per heavy atom. The van der Waals surface area contributed by atoms with Crippen molar-refractivity contribution in [2.45, 2.75) is 30.4 Å². The van der Waals surface area contributed by atoms with Gasteiger partial charge >= 0.3 is 0 Å². The van der Waals surface area contributed by atoms with E-state index in [1.807, 2.05) is 0 Å². The number of thioether (sulfide) groups is 1. The highest BCUT2D eigenvalue weighted by Crippen LogP contribution is 2.55. The molecule has 0 aromatic carbocycles. The van der Waals surface area contributed by atoms with Crippen molar-refractivity contribution in [1.29, 1.82) is 0 Å². The van der Waals surface area contributed by atoms with Crippen LogP contribution in [0.15, 0.2) is 0 Å². The van der Waals surface area contributed by atoms with E-state index in [1.165, 1.54) is 0 Å². The zero-order valence-electron chi connectivity index (χ0n) is 8.64. The molecule has 0 aromatic heterocycles. The van der Waals surface area contributed by atoms with Gasteiger partial charge in [0, 0.05) is 11.2 Å². The van der Waals surface area contributed by atoms with Crippen LogP contribution in [0.25, 0.3) is 0 Å². The fourth-order valence-corrected chi connectivity index (χ4v) is 4.14. The third-order valence-electron chi connectivity index (χ3n) is 3.88. The average Bonchev–Trinajstić information content (AvgIpc) is 2.61. The van der Waals surface area contributed by atoms with Gasteiger partial charge < -0.3 is 10.8 Å². The van der Waals surface area contributed by atoms with E-state index in [0.29, 0.717) is 5.75 Å². The van der Waals surface area contributed by atoms with Crippen LogP contribution >= 0.6 is 11.8 Å². The summed E-state index contributed by atoms with van der Waals surface area (Å²) in [6.45, 7) is -1.40. The van der Waals surface area contributed by atoms with Gasteiger partial charge in [-0.25, -0.2) is 0 Å². The first-order chi connectivity index (χ1) is 6.99. The summed E-state index contributed by atoms with van der Waals surface area (Å²) in [5, 5.41) is 10.3. The predicted molar refractivity (Wildman–Crippen MR) is 57.4 cm³/mol. The SMILES string of the molecule is NC1(C2(O)CC(CF)(CF)C2)CCSC1. The number of alkyl halides is 2. The molecule has 2 rings (SSSR count). The number of rotatable bonds is 3. The molecule has 15 heavy (non-hydrogen) atoms. The van der Waals surface area contributed by atoms with Gasteiger partial charge in [0.15, 0.2) is 0 Å². The van der Waals surface area contributed by atoms with E-state index in [2.05, 4.69) is 0 Å². The van der Waals surface area contributed by atoms with Gasteiger partial charge in [-0.1, -0.05) is 0 Å². The second kappa shape index (κ2) is 3.57. The van der Waals surface area contributed by atoms with Gasteiger partial charge in [-0.2, -0.15) is 11.8 Å². The minimum atomic E-state index is -1.05. The van der Waals surface area contributed by atoms with Crippen molar-refractivity contribution in [3.63, 3.8) is 0 Å². The Morgan fingerprint density at radius 1 is 1.27 bits per heavy atom. The number of aliphatic hydroxyl groups is 1. The molecule has 1 unspecified atom stereocenters. The highest BCUT2D eigenvalue weighted by molar-refractivity contribution is 7.99. The fraction of sp³-hybridized carbons (Fsp3) is 1.00. The zero-order chi connectivity index (χ0) is 11.2. The van der Waals surface area contributed by atoms with Crippen LogP contribution in [0.4, 0.5) is 8.78 Å². The van der Waals surface area contributed by atoms with E-state index in [9.17, 15) is 13.9 Å². The first kappa shape index (κ1) is 11.6. The monoisotopic (exact) mass is 237 g/mol. The van der Waals surface area contributed by atoms with Gasteiger partial charge in [0.05, 0.1) is 24.5 Å². The molecule has 0 aromatic rings. The van der Waals surface area contributed by atoms with Gasteiger partial charge in [-0.3, -0.25) is 8.78 Å². The van der Waals surface area contributed by atoms with Crippen LogP contribution in [0.2, 0.25) is 0 Å². The molecule has 1 heterocycles. The molecule has 1 aliphatic carbocycles. The van der Waals surface area contributed by atoms with Crippen LogP contribution in [0.1, 0.15) is 19.3 Å². The molecule has 1 saturated heterocycles. The standard InChI is InChI=1S/C10H17F2NOS/c11-5-8(6-12)3-10(14,4-8)9(13)1-2-15-7-9/h14H,1-7,13H2. The van der Waals surface area contributed by atoms with Crippen molar-refractivity contribution >= 4 is 11.8 Å². The van der Waals surface area contributed by atoms with Crippen molar-refractivity contribution in [2.75, 3.05) is 24.9 Å². The Bertz CT molecular complexity index is 244. The van der Waals surface area contributed by atoms with Gasteiger partial charge in [0.2, 0.25) is 0 Å².